The van der Waals surface area contributed by atoms with Crippen molar-refractivity contribution in [2.24, 2.45) is 0 Å². The highest BCUT2D eigenvalue weighted by Gasteiger charge is 2.14. The van der Waals surface area contributed by atoms with Gasteiger partial charge in [-0.3, -0.25) is 9.59 Å². The van der Waals surface area contributed by atoms with Gasteiger partial charge in [-0.2, -0.15) is 0 Å². The van der Waals surface area contributed by atoms with Crippen molar-refractivity contribution in [1.29, 1.82) is 0 Å². The zero-order chi connectivity index (χ0) is 17.9. The molecule has 0 spiro atoms. The molecule has 1 amide bonds. The molecule has 0 fully saturated rings. The lowest BCUT2D eigenvalue weighted by molar-refractivity contribution is -0.141. The molecule has 1 heterocycles. The molecule has 1 aromatic rings. The summed E-state index contributed by atoms with van der Waals surface area (Å²) in [4.78, 5) is 34.8. The van der Waals surface area contributed by atoms with Gasteiger partial charge in [0.1, 0.15) is 6.54 Å². The highest BCUT2D eigenvalue weighted by Crippen LogP contribution is 2.12. The van der Waals surface area contributed by atoms with E-state index in [1.54, 1.807) is 20.0 Å². The van der Waals surface area contributed by atoms with Crippen molar-refractivity contribution in [1.82, 2.24) is 9.88 Å². The van der Waals surface area contributed by atoms with Crippen LogP contribution in [-0.2, 0) is 20.8 Å². The zero-order valence-electron chi connectivity index (χ0n) is 14.7. The monoisotopic (exact) mass is 376 g/mol. The minimum absolute atomic E-state index is 0. The number of hydrogen-bond donors (Lipinski definition) is 1. The van der Waals surface area contributed by atoms with E-state index in [1.807, 2.05) is 11.5 Å². The number of carbonyl (C=O) groups is 2. The number of esters is 1. The minimum Gasteiger partial charge on any atom is -0.465 e. The van der Waals surface area contributed by atoms with Crippen molar-refractivity contribution >= 4 is 24.5 Å². The van der Waals surface area contributed by atoms with Gasteiger partial charge in [0.2, 0.25) is 5.43 Å². The molecule has 142 valence electrons. The maximum Gasteiger partial charge on any atom is 0.413 e. The van der Waals surface area contributed by atoms with E-state index in [1.165, 1.54) is 6.07 Å². The van der Waals surface area contributed by atoms with Crippen LogP contribution >= 0.6 is 12.4 Å². The molecule has 0 saturated heterocycles. The SMILES string of the molecule is CCOCCCn1ccc(=O)c(OC(=O)NCC(=O)OCC)c1C.Cl. The normalized spacial score (nSPS) is 9.88. The van der Waals surface area contributed by atoms with Crippen LogP contribution in [0.1, 0.15) is 26.0 Å². The van der Waals surface area contributed by atoms with Crippen molar-refractivity contribution < 1.29 is 23.8 Å². The predicted molar refractivity (Wildman–Crippen MR) is 94.5 cm³/mol. The lowest BCUT2D eigenvalue weighted by Gasteiger charge is -2.14. The Balaban J connectivity index is 0.00000576. The summed E-state index contributed by atoms with van der Waals surface area (Å²) in [6.45, 7) is 7.07. The summed E-state index contributed by atoms with van der Waals surface area (Å²) in [5.41, 5.74) is 0.130. The average molecular weight is 377 g/mol. The number of hydrogen-bond acceptors (Lipinski definition) is 6. The molecule has 0 aliphatic carbocycles. The largest absolute Gasteiger partial charge is 0.465 e. The fraction of sp³-hybridized carbons (Fsp3) is 0.562. The van der Waals surface area contributed by atoms with Crippen LogP contribution in [0.15, 0.2) is 17.1 Å². The van der Waals surface area contributed by atoms with Crippen molar-refractivity contribution in [2.75, 3.05) is 26.4 Å². The number of nitrogens with zero attached hydrogens (tertiary/aromatic N) is 1. The maximum atomic E-state index is 11.9. The first-order valence-corrected chi connectivity index (χ1v) is 7.88. The number of pyridine rings is 1. The van der Waals surface area contributed by atoms with Gasteiger partial charge in [0.15, 0.2) is 5.75 Å². The Labute approximate surface area is 152 Å². The summed E-state index contributed by atoms with van der Waals surface area (Å²) in [6.07, 6.45) is 1.54. The van der Waals surface area contributed by atoms with Crippen LogP contribution in [0.5, 0.6) is 5.75 Å². The van der Waals surface area contributed by atoms with Crippen LogP contribution in [0, 0.1) is 6.92 Å². The van der Waals surface area contributed by atoms with Gasteiger partial charge in [-0.05, 0) is 27.2 Å². The second-order valence-corrected chi connectivity index (χ2v) is 4.89. The molecule has 0 aliphatic heterocycles. The maximum absolute atomic E-state index is 11.9. The summed E-state index contributed by atoms with van der Waals surface area (Å²) in [5, 5.41) is 2.25. The van der Waals surface area contributed by atoms with Crippen molar-refractivity contribution in [2.45, 2.75) is 33.7 Å². The third kappa shape index (κ3) is 8.04. The molecule has 25 heavy (non-hydrogen) atoms. The first-order chi connectivity index (χ1) is 11.5. The molecule has 1 aromatic heterocycles. The molecule has 0 aromatic carbocycles. The lowest BCUT2D eigenvalue weighted by atomic mass is 10.3. The molecule has 0 saturated carbocycles. The van der Waals surface area contributed by atoms with E-state index in [0.717, 1.165) is 6.42 Å². The quantitative estimate of drug-likeness (QED) is 0.520. The Hall–Kier alpha value is -2.06. The number of carbonyl (C=O) groups excluding carboxylic acids is 2. The van der Waals surface area contributed by atoms with Gasteiger partial charge in [-0.25, -0.2) is 4.79 Å². The molecular weight excluding hydrogens is 352 g/mol. The van der Waals surface area contributed by atoms with Crippen LogP contribution in [-0.4, -0.2) is 43.0 Å². The van der Waals surface area contributed by atoms with E-state index in [-0.39, 0.29) is 31.3 Å². The molecule has 9 heteroatoms. The highest BCUT2D eigenvalue weighted by atomic mass is 35.5. The minimum atomic E-state index is -0.879. The summed E-state index contributed by atoms with van der Waals surface area (Å²) < 4.78 is 16.8. The summed E-state index contributed by atoms with van der Waals surface area (Å²) in [7, 11) is 0. The smallest absolute Gasteiger partial charge is 0.413 e. The number of rotatable bonds is 9. The van der Waals surface area contributed by atoms with Gasteiger partial charge in [0, 0.05) is 32.0 Å². The fourth-order valence-electron chi connectivity index (χ4n) is 1.99. The standard InChI is InChI=1S/C16H24N2O6.ClH/c1-4-22-10-6-8-18-9-7-13(19)15(12(18)3)24-16(21)17-11-14(20)23-5-2;/h7,9H,4-6,8,10-11H2,1-3H3,(H,17,21);1H. The first-order valence-electron chi connectivity index (χ1n) is 7.88. The number of aryl methyl sites for hydroxylation is 1. The third-order valence-corrected chi connectivity index (χ3v) is 3.16. The molecule has 0 bridgehead atoms. The zero-order valence-corrected chi connectivity index (χ0v) is 15.5. The van der Waals surface area contributed by atoms with Gasteiger partial charge >= 0.3 is 12.1 Å². The van der Waals surface area contributed by atoms with Crippen LogP contribution in [0.2, 0.25) is 0 Å². The van der Waals surface area contributed by atoms with E-state index in [2.05, 4.69) is 10.1 Å². The summed E-state index contributed by atoms with van der Waals surface area (Å²) >= 11 is 0. The highest BCUT2D eigenvalue weighted by molar-refractivity contribution is 5.85. The average Bonchev–Trinajstić information content (AvgIpc) is 2.55. The van der Waals surface area contributed by atoms with Crippen LogP contribution in [0.3, 0.4) is 0 Å². The van der Waals surface area contributed by atoms with E-state index in [9.17, 15) is 14.4 Å². The van der Waals surface area contributed by atoms with E-state index in [0.29, 0.717) is 25.5 Å². The van der Waals surface area contributed by atoms with Crippen molar-refractivity contribution in [3.8, 4) is 5.75 Å². The second-order valence-electron chi connectivity index (χ2n) is 4.89. The van der Waals surface area contributed by atoms with E-state index < -0.39 is 17.5 Å². The lowest BCUT2D eigenvalue weighted by Crippen LogP contribution is -2.34. The Morgan fingerprint density at radius 3 is 2.60 bits per heavy atom. The first kappa shape index (κ1) is 22.9. The number of ether oxygens (including phenoxy) is 3. The Morgan fingerprint density at radius 2 is 1.96 bits per heavy atom. The van der Waals surface area contributed by atoms with Crippen LogP contribution < -0.4 is 15.5 Å². The number of halogens is 1. The molecule has 8 nitrogen and oxygen atoms in total. The van der Waals surface area contributed by atoms with Crippen molar-refractivity contribution in [3.63, 3.8) is 0 Å². The Kier molecular flexibility index (Phi) is 11.3. The van der Waals surface area contributed by atoms with Gasteiger partial charge < -0.3 is 24.1 Å². The number of aromatic nitrogens is 1. The Bertz CT molecular complexity index is 617. The molecular formula is C16H25ClN2O6. The van der Waals surface area contributed by atoms with E-state index >= 15 is 0 Å². The number of nitrogens with one attached hydrogen (secondary N) is 1. The van der Waals surface area contributed by atoms with Gasteiger partial charge in [0.25, 0.3) is 0 Å². The Morgan fingerprint density at radius 1 is 1.24 bits per heavy atom. The number of amides is 1. The molecule has 0 atom stereocenters. The van der Waals surface area contributed by atoms with Gasteiger partial charge in [0.05, 0.1) is 12.3 Å². The molecule has 0 unspecified atom stereocenters. The summed E-state index contributed by atoms with van der Waals surface area (Å²) in [6, 6.07) is 1.33. The third-order valence-electron chi connectivity index (χ3n) is 3.16. The molecule has 0 radical (unpaired) electrons. The summed E-state index contributed by atoms with van der Waals surface area (Å²) in [5.74, 6) is -0.636. The molecule has 1 rings (SSSR count). The van der Waals surface area contributed by atoms with Crippen LogP contribution in [0.4, 0.5) is 4.79 Å². The van der Waals surface area contributed by atoms with E-state index in [4.69, 9.17) is 9.47 Å². The van der Waals surface area contributed by atoms with Crippen LogP contribution in [0.25, 0.3) is 0 Å². The van der Waals surface area contributed by atoms with Gasteiger partial charge in [-0.15, -0.1) is 12.4 Å². The van der Waals surface area contributed by atoms with Gasteiger partial charge in [-0.1, -0.05) is 0 Å². The second kappa shape index (κ2) is 12.3. The molecule has 0 aliphatic rings. The topological polar surface area (TPSA) is 95.9 Å². The predicted octanol–water partition coefficient (Wildman–Crippen LogP) is 1.66. The fourth-order valence-corrected chi connectivity index (χ4v) is 1.99. The van der Waals surface area contributed by atoms with Crippen molar-refractivity contribution in [3.05, 3.63) is 28.2 Å². The molecule has 1 N–H and O–H groups in total.